The molecule has 0 spiro atoms. The topological polar surface area (TPSA) is 84.2 Å². The highest BCUT2D eigenvalue weighted by atomic mass is 16.4. The Morgan fingerprint density at radius 1 is 0.973 bits per heavy atom. The normalized spacial score (nSPS) is 20.9. The number of carbonyl (C=O) groups excluding carboxylic acids is 1. The van der Waals surface area contributed by atoms with Crippen LogP contribution in [0.5, 0.6) is 0 Å². The van der Waals surface area contributed by atoms with E-state index in [1.807, 2.05) is 7.05 Å². The molecule has 1 amide bonds. The highest BCUT2D eigenvalue weighted by Gasteiger charge is 2.36. The van der Waals surface area contributed by atoms with Crippen LogP contribution in [-0.2, 0) is 29.1 Å². The van der Waals surface area contributed by atoms with Gasteiger partial charge in [-0.1, -0.05) is 73.6 Å². The van der Waals surface area contributed by atoms with Gasteiger partial charge in [-0.05, 0) is 48.9 Å². The van der Waals surface area contributed by atoms with E-state index in [2.05, 4.69) is 69.6 Å². The number of carbonyl (C=O) groups is 2. The van der Waals surface area contributed by atoms with Gasteiger partial charge in [0.1, 0.15) is 5.69 Å². The number of nitrogens with zero attached hydrogens (tertiary/aromatic N) is 2. The number of amides is 1. The van der Waals surface area contributed by atoms with E-state index < -0.39 is 5.97 Å². The molecule has 0 unspecified atom stereocenters. The number of nitrogens with one attached hydrogen (secondary N) is 1. The predicted octanol–water partition coefficient (Wildman–Crippen LogP) is 6.40. The molecular formula is C31H45N3O3. The quantitative estimate of drug-likeness (QED) is 0.474. The second kappa shape index (κ2) is 10.3. The maximum atomic E-state index is 13.4. The van der Waals surface area contributed by atoms with Crippen LogP contribution in [0.4, 0.5) is 0 Å². The molecule has 2 aromatic rings. The van der Waals surface area contributed by atoms with E-state index >= 15 is 0 Å². The zero-order valence-corrected chi connectivity index (χ0v) is 23.8. The van der Waals surface area contributed by atoms with Crippen molar-refractivity contribution >= 4 is 11.9 Å². The summed E-state index contributed by atoms with van der Waals surface area (Å²) in [5.74, 6) is -0.609. The Kier molecular flexibility index (Phi) is 7.60. The van der Waals surface area contributed by atoms with Gasteiger partial charge in [0.2, 0.25) is 0 Å². The van der Waals surface area contributed by atoms with Crippen LogP contribution in [0.1, 0.15) is 114 Å². The van der Waals surface area contributed by atoms with E-state index in [-0.39, 0.29) is 28.7 Å². The molecule has 0 atom stereocenters. The van der Waals surface area contributed by atoms with Crippen molar-refractivity contribution in [2.45, 2.75) is 110 Å². The van der Waals surface area contributed by atoms with Crippen molar-refractivity contribution in [3.8, 4) is 11.1 Å². The first-order valence-electron chi connectivity index (χ1n) is 14.0. The van der Waals surface area contributed by atoms with Gasteiger partial charge in [-0.2, -0.15) is 0 Å². The Morgan fingerprint density at radius 3 is 2.05 bits per heavy atom. The molecule has 0 aliphatic heterocycles. The van der Waals surface area contributed by atoms with Gasteiger partial charge in [0.05, 0.1) is 5.92 Å². The van der Waals surface area contributed by atoms with Gasteiger partial charge in [0.15, 0.2) is 0 Å². The molecule has 202 valence electrons. The summed E-state index contributed by atoms with van der Waals surface area (Å²) in [5.41, 5.74) is 6.02. The van der Waals surface area contributed by atoms with Crippen LogP contribution >= 0.6 is 0 Å². The third-order valence-electron chi connectivity index (χ3n) is 8.29. The summed E-state index contributed by atoms with van der Waals surface area (Å²) in [6.45, 7) is 13.2. The Labute approximate surface area is 222 Å². The lowest BCUT2D eigenvalue weighted by Crippen LogP contribution is -2.47. The van der Waals surface area contributed by atoms with Crippen LogP contribution in [0.25, 0.3) is 11.1 Å². The van der Waals surface area contributed by atoms with Gasteiger partial charge in [0.25, 0.3) is 5.91 Å². The predicted molar refractivity (Wildman–Crippen MR) is 148 cm³/mol. The molecule has 2 saturated carbocycles. The number of aromatic nitrogens is 2. The maximum absolute atomic E-state index is 13.4. The molecule has 6 heteroatoms. The fourth-order valence-electron chi connectivity index (χ4n) is 5.67. The van der Waals surface area contributed by atoms with Gasteiger partial charge < -0.3 is 15.0 Å². The molecule has 2 aliphatic carbocycles. The molecule has 2 fully saturated rings. The van der Waals surface area contributed by atoms with Gasteiger partial charge in [-0.15, -0.1) is 0 Å². The molecule has 0 radical (unpaired) electrons. The lowest BCUT2D eigenvalue weighted by atomic mass is 9.80. The van der Waals surface area contributed by atoms with Crippen LogP contribution in [0.3, 0.4) is 0 Å². The van der Waals surface area contributed by atoms with E-state index in [0.29, 0.717) is 24.5 Å². The maximum Gasteiger partial charge on any atom is 0.306 e. The molecule has 2 heterocycles. The largest absolute Gasteiger partial charge is 0.481 e. The zero-order chi connectivity index (χ0) is 27.1. The molecule has 4 rings (SSSR count). The first-order valence-corrected chi connectivity index (χ1v) is 14.0. The molecule has 2 aliphatic rings. The summed E-state index contributed by atoms with van der Waals surface area (Å²) in [6, 6.07) is 6.39. The molecule has 37 heavy (non-hydrogen) atoms. The average molecular weight is 508 g/mol. The Balaban J connectivity index is 1.75. The fraction of sp³-hybridized carbons (Fsp3) is 0.645. The molecule has 2 aromatic heterocycles. The molecule has 2 N–H and O–H groups in total. The number of carboxylic acid groups (broad SMARTS) is 1. The summed E-state index contributed by atoms with van der Waals surface area (Å²) in [7, 11) is 2.01. The van der Waals surface area contributed by atoms with Gasteiger partial charge in [-0.25, -0.2) is 0 Å². The van der Waals surface area contributed by atoms with E-state index in [0.717, 1.165) is 28.9 Å². The summed E-state index contributed by atoms with van der Waals surface area (Å²) in [5, 5.41) is 12.3. The third-order valence-corrected chi connectivity index (χ3v) is 8.29. The van der Waals surface area contributed by atoms with Crippen molar-refractivity contribution in [3.63, 3.8) is 0 Å². The van der Waals surface area contributed by atoms with Crippen LogP contribution in [0.2, 0.25) is 0 Å². The van der Waals surface area contributed by atoms with E-state index in [1.54, 1.807) is 0 Å². The average Bonchev–Trinajstić information content (AvgIpc) is 3.11. The van der Waals surface area contributed by atoms with E-state index in [9.17, 15) is 14.7 Å². The number of hydrogen-bond donors (Lipinski definition) is 2. The van der Waals surface area contributed by atoms with Crippen LogP contribution in [-0.4, -0.2) is 32.6 Å². The summed E-state index contributed by atoms with van der Waals surface area (Å²) >= 11 is 0. The second-order valence-corrected chi connectivity index (χ2v) is 13.5. The smallest absolute Gasteiger partial charge is 0.306 e. The van der Waals surface area contributed by atoms with E-state index in [4.69, 9.17) is 4.98 Å². The van der Waals surface area contributed by atoms with Crippen LogP contribution in [0.15, 0.2) is 18.2 Å². The highest BCUT2D eigenvalue weighted by molar-refractivity contribution is 5.95. The number of carboxylic acids is 1. The lowest BCUT2D eigenvalue weighted by Gasteiger charge is -2.32. The van der Waals surface area contributed by atoms with Crippen molar-refractivity contribution in [1.29, 1.82) is 0 Å². The SMILES string of the molecule is Cn1c(C(=O)N[C@H]2C[C@H](C(=O)O)C2)cc(-c2cc(C(C)(C)C)nc(C(C)(C)C)c2)c1CC1CCCCC1. The Hall–Kier alpha value is -2.63. The first kappa shape index (κ1) is 27.4. The van der Waals surface area contributed by atoms with Gasteiger partial charge >= 0.3 is 5.97 Å². The monoisotopic (exact) mass is 507 g/mol. The Morgan fingerprint density at radius 2 is 1.54 bits per heavy atom. The van der Waals surface area contributed by atoms with Crippen molar-refractivity contribution in [3.05, 3.63) is 41.0 Å². The molecule has 0 bridgehead atoms. The number of aliphatic carboxylic acids is 1. The van der Waals surface area contributed by atoms with Crippen molar-refractivity contribution in [1.82, 2.24) is 14.9 Å². The van der Waals surface area contributed by atoms with E-state index in [1.165, 1.54) is 37.8 Å². The van der Waals surface area contributed by atoms with Crippen molar-refractivity contribution in [2.24, 2.45) is 18.9 Å². The van der Waals surface area contributed by atoms with Crippen molar-refractivity contribution < 1.29 is 14.7 Å². The minimum Gasteiger partial charge on any atom is -0.481 e. The van der Waals surface area contributed by atoms with Gasteiger partial charge in [-0.3, -0.25) is 14.6 Å². The molecule has 0 aromatic carbocycles. The van der Waals surface area contributed by atoms with Gasteiger partial charge in [0, 0.05) is 46.6 Å². The number of hydrogen-bond acceptors (Lipinski definition) is 3. The summed E-state index contributed by atoms with van der Waals surface area (Å²) in [4.78, 5) is 29.7. The second-order valence-electron chi connectivity index (χ2n) is 13.5. The number of pyridine rings is 1. The molecule has 6 nitrogen and oxygen atoms in total. The standard InChI is InChI=1S/C31H45N3O3/c1-30(2,3)26-16-20(17-27(33-26)31(4,5)6)23-18-25(28(35)32-22-14-21(15-22)29(36)37)34(7)24(23)13-19-11-9-8-10-12-19/h16-19,21-22H,8-15H2,1-7H3,(H,32,35)(H,36,37)/t21-,22-. The minimum atomic E-state index is -0.775. The number of rotatable bonds is 6. The highest BCUT2D eigenvalue weighted by Crippen LogP contribution is 2.37. The third kappa shape index (κ3) is 6.10. The van der Waals surface area contributed by atoms with Crippen LogP contribution in [0, 0.1) is 11.8 Å². The summed E-state index contributed by atoms with van der Waals surface area (Å²) in [6.07, 6.45) is 8.31. The Bertz CT molecular complexity index is 1120. The summed E-state index contributed by atoms with van der Waals surface area (Å²) < 4.78 is 2.08. The zero-order valence-electron chi connectivity index (χ0n) is 23.8. The first-order chi connectivity index (χ1) is 17.2. The lowest BCUT2D eigenvalue weighted by molar-refractivity contribution is -0.145. The fourth-order valence-corrected chi connectivity index (χ4v) is 5.67. The van der Waals surface area contributed by atoms with Crippen molar-refractivity contribution in [2.75, 3.05) is 0 Å². The minimum absolute atomic E-state index is 0.0744. The molecule has 0 saturated heterocycles. The molecular weight excluding hydrogens is 462 g/mol. The van der Waals surface area contributed by atoms with Crippen LogP contribution < -0.4 is 5.32 Å².